The van der Waals surface area contributed by atoms with Crippen LogP contribution in [-0.4, -0.2) is 12.1 Å². The highest BCUT2D eigenvalue weighted by Crippen LogP contribution is 2.18. The van der Waals surface area contributed by atoms with Crippen LogP contribution in [-0.2, 0) is 0 Å². The van der Waals surface area contributed by atoms with Crippen molar-refractivity contribution in [3.05, 3.63) is 29.5 Å². The number of ether oxygens (including phenoxy) is 1. The van der Waals surface area contributed by atoms with Crippen molar-refractivity contribution in [1.29, 1.82) is 0 Å². The van der Waals surface area contributed by atoms with E-state index in [9.17, 15) is 4.39 Å². The fourth-order valence-electron chi connectivity index (χ4n) is 0.627. The monoisotopic (exact) mass is 152 g/mol. The molecule has 0 radical (unpaired) electrons. The van der Waals surface area contributed by atoms with Crippen molar-refractivity contribution < 1.29 is 9.13 Å². The third kappa shape index (κ3) is 1.44. The Morgan fingerprint density at radius 3 is 2.91 bits per heavy atom. The fourth-order valence-corrected chi connectivity index (χ4v) is 0.627. The molecule has 0 saturated heterocycles. The molecular weight excluding hydrogens is 147 g/mol. The van der Waals surface area contributed by atoms with Gasteiger partial charge in [-0.15, -0.1) is 0 Å². The Morgan fingerprint density at radius 1 is 1.73 bits per heavy atom. The summed E-state index contributed by atoms with van der Waals surface area (Å²) in [7, 11) is 1.32. The number of rotatable bonds is 1. The number of halogens is 1. The van der Waals surface area contributed by atoms with Gasteiger partial charge in [-0.3, -0.25) is 0 Å². The van der Waals surface area contributed by atoms with Gasteiger partial charge in [0.05, 0.1) is 13.7 Å². The van der Waals surface area contributed by atoms with Gasteiger partial charge in [0.2, 0.25) is 11.6 Å². The van der Waals surface area contributed by atoms with Crippen LogP contribution in [0.2, 0.25) is 0 Å². The van der Waals surface area contributed by atoms with Crippen LogP contribution in [0.3, 0.4) is 0 Å². The highest BCUT2D eigenvalue weighted by molar-refractivity contribution is 5.43. The maximum absolute atomic E-state index is 12.7. The van der Waals surface area contributed by atoms with E-state index in [1.807, 2.05) is 0 Å². The first kappa shape index (κ1) is 7.48. The predicted molar refractivity (Wildman–Crippen MR) is 37.0 cm³/mol. The first-order valence-electron chi connectivity index (χ1n) is 2.85. The quantitative estimate of drug-likeness (QED) is 0.573. The number of aromatic nitrogens is 1. The number of pyridine rings is 1. The van der Waals surface area contributed by atoms with Gasteiger partial charge in [0.15, 0.2) is 5.82 Å². The minimum atomic E-state index is -0.610. The third-order valence-electron chi connectivity index (χ3n) is 1.12. The van der Waals surface area contributed by atoms with E-state index in [0.29, 0.717) is 0 Å². The Bertz CT molecular complexity index is 306. The lowest BCUT2D eigenvalue weighted by molar-refractivity contribution is 0.369. The van der Waals surface area contributed by atoms with Crippen molar-refractivity contribution in [2.24, 2.45) is 0 Å². The Morgan fingerprint density at radius 2 is 2.45 bits per heavy atom. The molecule has 0 fully saturated rings. The summed E-state index contributed by atoms with van der Waals surface area (Å²) < 4.78 is 17.3. The second kappa shape index (κ2) is 2.97. The van der Waals surface area contributed by atoms with Crippen LogP contribution >= 0.6 is 0 Å². The molecule has 0 bridgehead atoms. The van der Waals surface area contributed by atoms with Gasteiger partial charge in [-0.05, 0) is 6.07 Å². The molecule has 0 saturated carbocycles. The van der Waals surface area contributed by atoms with E-state index in [1.165, 1.54) is 13.3 Å². The Balaban J connectivity index is 3.12. The molecule has 0 aliphatic carbocycles. The maximum Gasteiger partial charge on any atom is 0.247 e. The van der Waals surface area contributed by atoms with Gasteiger partial charge >= 0.3 is 0 Å². The molecule has 3 nitrogen and oxygen atoms in total. The van der Waals surface area contributed by atoms with Gasteiger partial charge in [0.25, 0.3) is 0 Å². The maximum atomic E-state index is 12.7. The molecule has 0 atom stereocenters. The highest BCUT2D eigenvalue weighted by atomic mass is 19.1. The summed E-state index contributed by atoms with van der Waals surface area (Å²) in [5.41, 5.74) is 0.170. The third-order valence-corrected chi connectivity index (χ3v) is 1.12. The van der Waals surface area contributed by atoms with Crippen molar-refractivity contribution in [3.8, 4) is 5.88 Å². The fraction of sp³-hybridized carbons (Fsp3) is 0.143. The molecule has 4 heteroatoms. The van der Waals surface area contributed by atoms with Gasteiger partial charge in [-0.2, -0.15) is 0 Å². The van der Waals surface area contributed by atoms with E-state index in [1.54, 1.807) is 0 Å². The smallest absolute Gasteiger partial charge is 0.247 e. The van der Waals surface area contributed by atoms with Crippen molar-refractivity contribution in [3.63, 3.8) is 0 Å². The van der Waals surface area contributed by atoms with Gasteiger partial charge in [0.1, 0.15) is 0 Å². The molecule has 0 spiro atoms. The van der Waals surface area contributed by atoms with Gasteiger partial charge in [-0.1, -0.05) is 0 Å². The van der Waals surface area contributed by atoms with Gasteiger partial charge in [0, 0.05) is 6.20 Å². The van der Waals surface area contributed by atoms with E-state index in [0.717, 1.165) is 6.07 Å². The molecule has 0 amide bonds. The molecule has 1 rings (SSSR count). The minimum absolute atomic E-state index is 0.0857. The minimum Gasteiger partial charge on any atom is -0.479 e. The molecule has 56 valence electrons. The molecule has 0 aliphatic rings. The summed E-state index contributed by atoms with van der Waals surface area (Å²) in [5.74, 6) is -0.696. The van der Waals surface area contributed by atoms with Crippen molar-refractivity contribution >= 4 is 5.69 Å². The second-order valence-electron chi connectivity index (χ2n) is 1.80. The zero-order chi connectivity index (χ0) is 8.27. The summed E-state index contributed by atoms with van der Waals surface area (Å²) >= 11 is 0. The predicted octanol–water partition coefficient (Wildman–Crippen LogP) is 1.78. The molecular formula is C7H5FN2O. The lowest BCUT2D eigenvalue weighted by atomic mass is 10.4. The summed E-state index contributed by atoms with van der Waals surface area (Å²) in [6.45, 7) is 6.55. The largest absolute Gasteiger partial charge is 0.479 e. The second-order valence-corrected chi connectivity index (χ2v) is 1.80. The average molecular weight is 152 g/mol. The SMILES string of the molecule is [C-]#[N+]c1cnc(OC)c(F)c1. The molecule has 0 N–H and O–H groups in total. The molecule has 0 aromatic carbocycles. The van der Waals surface area contributed by atoms with Crippen LogP contribution in [0.4, 0.5) is 10.1 Å². The van der Waals surface area contributed by atoms with Gasteiger partial charge < -0.3 is 4.74 Å². The lowest BCUT2D eigenvalue weighted by Crippen LogP contribution is -1.89. The summed E-state index contributed by atoms with van der Waals surface area (Å²) in [5, 5.41) is 0. The van der Waals surface area contributed by atoms with E-state index >= 15 is 0 Å². The standard InChI is InChI=1S/C7H5FN2O/c1-9-5-3-6(8)7(11-2)10-4-5/h3-4H,2H3. The van der Waals surface area contributed by atoms with Crippen LogP contribution in [0.25, 0.3) is 4.85 Å². The zero-order valence-corrected chi connectivity index (χ0v) is 5.84. The summed E-state index contributed by atoms with van der Waals surface area (Å²) in [4.78, 5) is 6.56. The van der Waals surface area contributed by atoms with E-state index in [-0.39, 0.29) is 11.6 Å². The highest BCUT2D eigenvalue weighted by Gasteiger charge is 2.03. The molecule has 0 aliphatic heterocycles. The van der Waals surface area contributed by atoms with Crippen molar-refractivity contribution in [2.75, 3.05) is 7.11 Å². The van der Waals surface area contributed by atoms with Crippen molar-refractivity contribution in [2.45, 2.75) is 0 Å². The number of hydrogen-bond acceptors (Lipinski definition) is 2. The Hall–Kier alpha value is -1.63. The Kier molecular flexibility index (Phi) is 2.02. The van der Waals surface area contributed by atoms with E-state index < -0.39 is 5.82 Å². The normalized spacial score (nSPS) is 8.82. The summed E-state index contributed by atoms with van der Waals surface area (Å²) in [6.07, 6.45) is 1.26. The number of hydrogen-bond donors (Lipinski definition) is 0. The van der Waals surface area contributed by atoms with Crippen LogP contribution < -0.4 is 4.74 Å². The zero-order valence-electron chi connectivity index (χ0n) is 5.84. The van der Waals surface area contributed by atoms with Crippen LogP contribution in [0.1, 0.15) is 0 Å². The summed E-state index contributed by atoms with van der Waals surface area (Å²) in [6, 6.07) is 1.08. The van der Waals surface area contributed by atoms with Crippen LogP contribution in [0, 0.1) is 12.4 Å². The topological polar surface area (TPSA) is 26.5 Å². The van der Waals surface area contributed by atoms with E-state index in [4.69, 9.17) is 6.57 Å². The van der Waals surface area contributed by atoms with Gasteiger partial charge in [-0.25, -0.2) is 14.2 Å². The molecule has 1 aromatic heterocycles. The lowest BCUT2D eigenvalue weighted by Gasteiger charge is -1.98. The first-order chi connectivity index (χ1) is 5.27. The van der Waals surface area contributed by atoms with E-state index in [2.05, 4.69) is 14.6 Å². The van der Waals surface area contributed by atoms with Crippen LogP contribution in [0.5, 0.6) is 5.88 Å². The molecule has 1 aromatic rings. The molecule has 11 heavy (non-hydrogen) atoms. The average Bonchev–Trinajstić information content (AvgIpc) is 2.04. The van der Waals surface area contributed by atoms with Crippen molar-refractivity contribution in [1.82, 2.24) is 4.98 Å². The Labute approximate surface area is 63.3 Å². The van der Waals surface area contributed by atoms with Crippen LogP contribution in [0.15, 0.2) is 12.3 Å². The number of nitrogens with zero attached hydrogens (tertiary/aromatic N) is 2. The number of methoxy groups -OCH3 is 1. The molecule has 0 unspecified atom stereocenters. The first-order valence-corrected chi connectivity index (χ1v) is 2.85. The molecule has 1 heterocycles.